The SMILES string of the molecule is CCc1ccc(C(CO)NC(=O)c2cc3ccccc3c(=O)[nH]2)cc1. The topological polar surface area (TPSA) is 82.2 Å². The van der Waals surface area contributed by atoms with Crippen molar-refractivity contribution in [3.63, 3.8) is 0 Å². The number of amides is 1. The van der Waals surface area contributed by atoms with E-state index >= 15 is 0 Å². The number of hydrogen-bond donors (Lipinski definition) is 3. The highest BCUT2D eigenvalue weighted by Crippen LogP contribution is 2.15. The van der Waals surface area contributed by atoms with Gasteiger partial charge in [-0.15, -0.1) is 0 Å². The Kier molecular flexibility index (Phi) is 4.95. The summed E-state index contributed by atoms with van der Waals surface area (Å²) in [7, 11) is 0. The second-order valence-corrected chi connectivity index (χ2v) is 5.90. The van der Waals surface area contributed by atoms with E-state index in [1.54, 1.807) is 24.3 Å². The third-order valence-corrected chi connectivity index (χ3v) is 4.28. The zero-order chi connectivity index (χ0) is 17.8. The van der Waals surface area contributed by atoms with Crippen LogP contribution in [0.4, 0.5) is 0 Å². The summed E-state index contributed by atoms with van der Waals surface area (Å²) in [5.41, 5.74) is 1.87. The number of aryl methyl sites for hydroxylation is 1. The van der Waals surface area contributed by atoms with Gasteiger partial charge in [-0.1, -0.05) is 49.4 Å². The third-order valence-electron chi connectivity index (χ3n) is 4.28. The van der Waals surface area contributed by atoms with Gasteiger partial charge in [0.05, 0.1) is 12.6 Å². The third kappa shape index (κ3) is 3.61. The first-order chi connectivity index (χ1) is 12.1. The molecule has 1 heterocycles. The fourth-order valence-corrected chi connectivity index (χ4v) is 2.79. The molecule has 0 fully saturated rings. The fraction of sp³-hybridized carbons (Fsp3) is 0.200. The molecule has 0 spiro atoms. The number of hydrogen-bond acceptors (Lipinski definition) is 3. The summed E-state index contributed by atoms with van der Waals surface area (Å²) in [6.45, 7) is 1.84. The Bertz CT molecular complexity index is 945. The maximum atomic E-state index is 12.5. The molecular formula is C20H20N2O3. The highest BCUT2D eigenvalue weighted by Gasteiger charge is 2.16. The van der Waals surface area contributed by atoms with Crippen LogP contribution in [0.25, 0.3) is 10.8 Å². The fourth-order valence-electron chi connectivity index (χ4n) is 2.79. The molecule has 2 aromatic carbocycles. The van der Waals surface area contributed by atoms with E-state index in [9.17, 15) is 14.7 Å². The summed E-state index contributed by atoms with van der Waals surface area (Å²) >= 11 is 0. The first-order valence-corrected chi connectivity index (χ1v) is 8.25. The molecule has 1 amide bonds. The summed E-state index contributed by atoms with van der Waals surface area (Å²) in [5.74, 6) is -0.429. The number of aromatic amines is 1. The molecule has 5 heteroatoms. The summed E-state index contributed by atoms with van der Waals surface area (Å²) < 4.78 is 0. The number of aromatic nitrogens is 1. The Labute approximate surface area is 145 Å². The van der Waals surface area contributed by atoms with Crippen molar-refractivity contribution in [2.75, 3.05) is 6.61 Å². The number of pyridine rings is 1. The Balaban J connectivity index is 1.85. The number of carbonyl (C=O) groups is 1. The minimum Gasteiger partial charge on any atom is -0.394 e. The number of nitrogens with one attached hydrogen (secondary N) is 2. The molecule has 0 aliphatic carbocycles. The van der Waals surface area contributed by atoms with E-state index in [-0.39, 0.29) is 17.9 Å². The van der Waals surface area contributed by atoms with E-state index in [1.165, 1.54) is 5.56 Å². The van der Waals surface area contributed by atoms with Gasteiger partial charge in [0, 0.05) is 5.39 Å². The van der Waals surface area contributed by atoms with Crippen molar-refractivity contribution in [3.8, 4) is 0 Å². The summed E-state index contributed by atoms with van der Waals surface area (Å²) in [4.78, 5) is 27.2. The van der Waals surface area contributed by atoms with Gasteiger partial charge in [-0.3, -0.25) is 9.59 Å². The maximum Gasteiger partial charge on any atom is 0.268 e. The van der Waals surface area contributed by atoms with Crippen molar-refractivity contribution in [1.82, 2.24) is 10.3 Å². The van der Waals surface area contributed by atoms with Crippen LogP contribution in [0.15, 0.2) is 59.4 Å². The zero-order valence-electron chi connectivity index (χ0n) is 14.0. The predicted octanol–water partition coefficient (Wildman–Crippen LogP) is 2.55. The van der Waals surface area contributed by atoms with E-state index < -0.39 is 11.9 Å². The van der Waals surface area contributed by atoms with Gasteiger partial charge in [-0.05, 0) is 35.1 Å². The number of H-pyrrole nitrogens is 1. The molecule has 3 rings (SSSR count). The van der Waals surface area contributed by atoms with Crippen LogP contribution in [-0.4, -0.2) is 22.6 Å². The van der Waals surface area contributed by atoms with Gasteiger partial charge < -0.3 is 15.4 Å². The van der Waals surface area contributed by atoms with Crippen molar-refractivity contribution in [3.05, 3.63) is 81.8 Å². The van der Waals surface area contributed by atoms with Gasteiger partial charge in [0.1, 0.15) is 5.69 Å². The first-order valence-electron chi connectivity index (χ1n) is 8.25. The first kappa shape index (κ1) is 16.9. The van der Waals surface area contributed by atoms with Crippen LogP contribution in [0.1, 0.15) is 34.6 Å². The molecule has 3 aromatic rings. The van der Waals surface area contributed by atoms with Crippen LogP contribution in [0.5, 0.6) is 0 Å². The van der Waals surface area contributed by atoms with Crippen molar-refractivity contribution in [2.45, 2.75) is 19.4 Å². The lowest BCUT2D eigenvalue weighted by Gasteiger charge is -2.17. The van der Waals surface area contributed by atoms with E-state index in [0.717, 1.165) is 12.0 Å². The van der Waals surface area contributed by atoms with Gasteiger partial charge in [0.15, 0.2) is 0 Å². The predicted molar refractivity (Wildman–Crippen MR) is 97.7 cm³/mol. The number of carbonyl (C=O) groups excluding carboxylic acids is 1. The molecule has 0 saturated carbocycles. The van der Waals surface area contributed by atoms with E-state index in [1.807, 2.05) is 30.3 Å². The minimum atomic E-state index is -0.534. The number of benzene rings is 2. The molecule has 0 aliphatic heterocycles. The van der Waals surface area contributed by atoms with Crippen LogP contribution in [0.3, 0.4) is 0 Å². The molecule has 0 radical (unpaired) electrons. The number of aliphatic hydroxyl groups excluding tert-OH is 1. The van der Waals surface area contributed by atoms with Gasteiger partial charge in [0.2, 0.25) is 0 Å². The van der Waals surface area contributed by atoms with Crippen LogP contribution < -0.4 is 10.9 Å². The standard InChI is InChI=1S/C20H20N2O3/c1-2-13-7-9-14(10-8-13)18(12-23)22-20(25)17-11-15-5-3-4-6-16(15)19(24)21-17/h3-11,18,23H,2,12H2,1H3,(H,21,24)(H,22,25). The maximum absolute atomic E-state index is 12.5. The van der Waals surface area contributed by atoms with Crippen molar-refractivity contribution in [2.24, 2.45) is 0 Å². The molecule has 3 N–H and O–H groups in total. The quantitative estimate of drug-likeness (QED) is 0.670. The second kappa shape index (κ2) is 7.32. The Morgan fingerprint density at radius 2 is 1.88 bits per heavy atom. The number of fused-ring (bicyclic) bond motifs is 1. The van der Waals surface area contributed by atoms with Gasteiger partial charge in [-0.25, -0.2) is 0 Å². The Morgan fingerprint density at radius 1 is 1.16 bits per heavy atom. The van der Waals surface area contributed by atoms with E-state index in [2.05, 4.69) is 17.2 Å². The summed E-state index contributed by atoms with van der Waals surface area (Å²) in [5, 5.41) is 13.6. The Hall–Kier alpha value is -2.92. The summed E-state index contributed by atoms with van der Waals surface area (Å²) in [6.07, 6.45) is 0.925. The van der Waals surface area contributed by atoms with E-state index in [0.29, 0.717) is 10.8 Å². The molecule has 25 heavy (non-hydrogen) atoms. The Morgan fingerprint density at radius 3 is 2.56 bits per heavy atom. The average Bonchev–Trinajstić information content (AvgIpc) is 2.66. The van der Waals surface area contributed by atoms with E-state index in [4.69, 9.17) is 0 Å². The van der Waals surface area contributed by atoms with Crippen LogP contribution >= 0.6 is 0 Å². The molecule has 1 atom stereocenters. The lowest BCUT2D eigenvalue weighted by Crippen LogP contribution is -2.32. The lowest BCUT2D eigenvalue weighted by atomic mass is 10.0. The highest BCUT2D eigenvalue weighted by atomic mass is 16.3. The molecule has 0 saturated heterocycles. The molecular weight excluding hydrogens is 316 g/mol. The minimum absolute atomic E-state index is 0.173. The van der Waals surface area contributed by atoms with Crippen LogP contribution in [0.2, 0.25) is 0 Å². The molecule has 1 aromatic heterocycles. The molecule has 0 bridgehead atoms. The van der Waals surface area contributed by atoms with Crippen LogP contribution in [0, 0.1) is 0 Å². The smallest absolute Gasteiger partial charge is 0.268 e. The lowest BCUT2D eigenvalue weighted by molar-refractivity contribution is 0.0911. The highest BCUT2D eigenvalue weighted by molar-refractivity contribution is 5.96. The van der Waals surface area contributed by atoms with Crippen molar-refractivity contribution in [1.29, 1.82) is 0 Å². The molecule has 128 valence electrons. The van der Waals surface area contributed by atoms with Crippen molar-refractivity contribution >= 4 is 16.7 Å². The monoisotopic (exact) mass is 336 g/mol. The molecule has 5 nitrogen and oxygen atoms in total. The number of aliphatic hydroxyl groups is 1. The average molecular weight is 336 g/mol. The van der Waals surface area contributed by atoms with Gasteiger partial charge in [0.25, 0.3) is 11.5 Å². The normalized spacial score (nSPS) is 12.1. The zero-order valence-corrected chi connectivity index (χ0v) is 14.0. The second-order valence-electron chi connectivity index (χ2n) is 5.90. The molecule has 0 aliphatic rings. The summed E-state index contributed by atoms with van der Waals surface area (Å²) in [6, 6.07) is 15.9. The van der Waals surface area contributed by atoms with Crippen LogP contribution in [-0.2, 0) is 6.42 Å². The largest absolute Gasteiger partial charge is 0.394 e. The van der Waals surface area contributed by atoms with Gasteiger partial charge in [-0.2, -0.15) is 0 Å². The number of rotatable bonds is 5. The van der Waals surface area contributed by atoms with Crippen molar-refractivity contribution < 1.29 is 9.90 Å². The molecule has 1 unspecified atom stereocenters. The van der Waals surface area contributed by atoms with Gasteiger partial charge >= 0.3 is 0 Å².